The number of fused-ring (bicyclic) bond motifs is 1. The van der Waals surface area contributed by atoms with E-state index in [2.05, 4.69) is 35.9 Å². The molecule has 0 spiro atoms. The number of rotatable bonds is 7. The minimum atomic E-state index is -0.613. The Morgan fingerprint density at radius 2 is 1.77 bits per heavy atom. The lowest BCUT2D eigenvalue weighted by atomic mass is 10.2. The normalized spacial score (nSPS) is 14.6. The lowest BCUT2D eigenvalue weighted by molar-refractivity contribution is 0.0662. The second kappa shape index (κ2) is 11.1. The summed E-state index contributed by atoms with van der Waals surface area (Å²) in [5.41, 5.74) is 4.75. The van der Waals surface area contributed by atoms with E-state index in [0.29, 0.717) is 35.9 Å². The fourth-order valence-corrected chi connectivity index (χ4v) is 4.42. The maximum Gasteiger partial charge on any atom is 0.265 e. The van der Waals surface area contributed by atoms with Crippen LogP contribution in [0.1, 0.15) is 30.2 Å². The van der Waals surface area contributed by atoms with Gasteiger partial charge in [-0.05, 0) is 57.3 Å². The van der Waals surface area contributed by atoms with Gasteiger partial charge < -0.3 is 15.5 Å². The van der Waals surface area contributed by atoms with E-state index in [1.807, 2.05) is 30.5 Å². The van der Waals surface area contributed by atoms with Gasteiger partial charge in [-0.2, -0.15) is 4.98 Å². The highest BCUT2D eigenvalue weighted by Gasteiger charge is 2.19. The lowest BCUT2D eigenvalue weighted by Gasteiger charge is -2.32. The quantitative estimate of drug-likeness (QED) is 0.301. The Morgan fingerprint density at radius 1 is 1.00 bits per heavy atom. The number of carbonyl (C=O) groups is 1. The van der Waals surface area contributed by atoms with Crippen LogP contribution in [-0.4, -0.2) is 68.6 Å². The second-order valence-corrected chi connectivity index (χ2v) is 10.0. The number of piperazine rings is 1. The van der Waals surface area contributed by atoms with Crippen molar-refractivity contribution < 1.29 is 13.6 Å². The molecule has 4 aromatic rings. The first kappa shape index (κ1) is 26.7. The molecule has 0 bridgehead atoms. The van der Waals surface area contributed by atoms with Gasteiger partial charge in [-0.25, -0.2) is 23.8 Å². The molecule has 1 saturated heterocycles. The second-order valence-electron chi connectivity index (χ2n) is 9.61. The van der Waals surface area contributed by atoms with Crippen LogP contribution in [0, 0.1) is 11.6 Å². The summed E-state index contributed by atoms with van der Waals surface area (Å²) in [6, 6.07) is 8.45. The van der Waals surface area contributed by atoms with Crippen molar-refractivity contribution in [2.45, 2.75) is 19.9 Å². The zero-order chi connectivity index (χ0) is 27.7. The van der Waals surface area contributed by atoms with Gasteiger partial charge >= 0.3 is 0 Å². The smallest absolute Gasteiger partial charge is 0.265 e. The molecule has 0 radical (unpaired) electrons. The van der Waals surface area contributed by atoms with Crippen LogP contribution in [0.2, 0.25) is 5.02 Å². The van der Waals surface area contributed by atoms with E-state index in [1.165, 1.54) is 30.5 Å². The van der Waals surface area contributed by atoms with Gasteiger partial charge in [0.1, 0.15) is 17.2 Å². The van der Waals surface area contributed by atoms with E-state index in [1.54, 1.807) is 12.1 Å². The molecule has 5 rings (SSSR count). The Morgan fingerprint density at radius 3 is 2.46 bits per heavy atom. The summed E-state index contributed by atoms with van der Waals surface area (Å²) < 4.78 is 30.4. The Hall–Kier alpha value is -3.87. The van der Waals surface area contributed by atoms with Crippen LogP contribution in [0.5, 0.6) is 0 Å². The molecule has 1 aliphatic heterocycles. The molecule has 1 fully saturated rings. The van der Waals surface area contributed by atoms with E-state index in [0.717, 1.165) is 13.1 Å². The number of hydrogen-bond acceptors (Lipinski definition) is 8. The molecule has 39 heavy (non-hydrogen) atoms. The number of hydrogen-bond donors (Lipinski definition) is 3. The molecule has 0 saturated carbocycles. The Kier molecular flexibility index (Phi) is 7.60. The molecule has 10 nitrogen and oxygen atoms in total. The van der Waals surface area contributed by atoms with Crippen LogP contribution in [-0.2, 0) is 0 Å². The highest BCUT2D eigenvalue weighted by molar-refractivity contribution is 6.31. The molecule has 13 heteroatoms. The Bertz CT molecular complexity index is 1520. The predicted octanol–water partition coefficient (Wildman–Crippen LogP) is 4.72. The first-order chi connectivity index (χ1) is 18.7. The van der Waals surface area contributed by atoms with Gasteiger partial charge in [0.2, 0.25) is 11.9 Å². The first-order valence-corrected chi connectivity index (χ1v) is 12.8. The molecule has 204 valence electrons. The van der Waals surface area contributed by atoms with Crippen molar-refractivity contribution in [3.63, 3.8) is 0 Å². The average molecular weight is 556 g/mol. The van der Waals surface area contributed by atoms with Crippen molar-refractivity contribution in [2.24, 2.45) is 0 Å². The zero-order valence-corrected chi connectivity index (χ0v) is 22.4. The molecule has 2 aromatic carbocycles. The summed E-state index contributed by atoms with van der Waals surface area (Å²) in [5, 5.41) is 7.86. The van der Waals surface area contributed by atoms with Gasteiger partial charge in [0, 0.05) is 43.5 Å². The maximum absolute atomic E-state index is 15.0. The summed E-state index contributed by atoms with van der Waals surface area (Å²) in [4.78, 5) is 28.2. The van der Waals surface area contributed by atoms with Crippen LogP contribution in [0.4, 0.5) is 32.1 Å². The third kappa shape index (κ3) is 5.92. The fraction of sp³-hybridized carbons (Fsp3) is 0.308. The van der Waals surface area contributed by atoms with Crippen LogP contribution in [0.3, 0.4) is 0 Å². The summed E-state index contributed by atoms with van der Waals surface area (Å²) in [7, 11) is 2.03. The molecular weight excluding hydrogens is 528 g/mol. The molecule has 0 atom stereocenters. The number of carbonyl (C=O) groups excluding carboxylic acids is 1. The molecule has 3 N–H and O–H groups in total. The third-order valence-corrected chi connectivity index (χ3v) is 6.66. The van der Waals surface area contributed by atoms with Gasteiger partial charge in [0.15, 0.2) is 5.65 Å². The number of imidazole rings is 1. The standard InChI is InChI=1S/C26H28ClF2N9O/c1-15(2)38-23-22(33-26(38)31-17-5-6-19(28)18(27)13-17)14-30-25(34-23)32-21-7-4-16(12-20(21)29)24(39)35-37-10-8-36(3)9-11-37/h4-7,12-15H,8-11H2,1-3H3,(H,31,33)(H,35,39)(H,30,32,34). The van der Waals surface area contributed by atoms with Gasteiger partial charge in [-0.3, -0.25) is 14.8 Å². The van der Waals surface area contributed by atoms with E-state index in [4.69, 9.17) is 11.6 Å². The minimum absolute atomic E-state index is 0.0108. The number of benzene rings is 2. The van der Waals surface area contributed by atoms with Crippen molar-refractivity contribution in [1.29, 1.82) is 0 Å². The maximum atomic E-state index is 15.0. The average Bonchev–Trinajstić information content (AvgIpc) is 3.26. The number of aromatic nitrogens is 4. The molecule has 2 aromatic heterocycles. The van der Waals surface area contributed by atoms with E-state index < -0.39 is 11.6 Å². The fourth-order valence-electron chi connectivity index (χ4n) is 4.24. The zero-order valence-electron chi connectivity index (χ0n) is 21.7. The summed E-state index contributed by atoms with van der Waals surface area (Å²) >= 11 is 5.92. The summed E-state index contributed by atoms with van der Waals surface area (Å²) in [5.74, 6) is -0.870. The number of amides is 1. The van der Waals surface area contributed by atoms with Gasteiger partial charge in [0.25, 0.3) is 5.91 Å². The number of nitrogens with zero attached hydrogens (tertiary/aromatic N) is 6. The minimum Gasteiger partial charge on any atom is -0.325 e. The number of anilines is 4. The largest absolute Gasteiger partial charge is 0.325 e. The van der Waals surface area contributed by atoms with Crippen molar-refractivity contribution in [3.8, 4) is 0 Å². The molecule has 1 amide bonds. The number of nitrogens with one attached hydrogen (secondary N) is 3. The summed E-state index contributed by atoms with van der Waals surface area (Å²) in [6.07, 6.45) is 1.53. The van der Waals surface area contributed by atoms with E-state index in [9.17, 15) is 13.6 Å². The van der Waals surface area contributed by atoms with Crippen molar-refractivity contribution in [3.05, 3.63) is 64.8 Å². The van der Waals surface area contributed by atoms with Gasteiger partial charge in [-0.1, -0.05) is 11.6 Å². The van der Waals surface area contributed by atoms with Gasteiger partial charge in [0.05, 0.1) is 16.9 Å². The summed E-state index contributed by atoms with van der Waals surface area (Å²) in [6.45, 7) is 7.01. The molecule has 1 aliphatic rings. The number of halogens is 3. The van der Waals surface area contributed by atoms with E-state index >= 15 is 0 Å². The van der Waals surface area contributed by atoms with Crippen molar-refractivity contribution >= 4 is 51.9 Å². The highest BCUT2D eigenvalue weighted by atomic mass is 35.5. The monoisotopic (exact) mass is 555 g/mol. The first-order valence-electron chi connectivity index (χ1n) is 12.5. The van der Waals surface area contributed by atoms with Crippen molar-refractivity contribution in [2.75, 3.05) is 43.9 Å². The topological polar surface area (TPSA) is 103 Å². The lowest BCUT2D eigenvalue weighted by Crippen LogP contribution is -2.52. The van der Waals surface area contributed by atoms with Crippen molar-refractivity contribution in [1.82, 2.24) is 34.9 Å². The van der Waals surface area contributed by atoms with E-state index in [-0.39, 0.29) is 34.2 Å². The Labute approximate surface area is 229 Å². The van der Waals surface area contributed by atoms with Crippen LogP contribution >= 0.6 is 11.6 Å². The van der Waals surface area contributed by atoms with Crippen LogP contribution in [0.25, 0.3) is 11.2 Å². The SMILES string of the molecule is CC(C)n1c(Nc2ccc(F)c(Cl)c2)nc2cnc(Nc3ccc(C(=O)NN4CCN(C)CC4)cc3F)nc21. The molecule has 0 unspecified atom stereocenters. The molecule has 0 aliphatic carbocycles. The number of likely N-dealkylation sites (N-methyl/N-ethyl adjacent to an activating group) is 1. The number of hydrazine groups is 1. The van der Waals surface area contributed by atoms with Crippen LogP contribution in [0.15, 0.2) is 42.6 Å². The molecular formula is C26H28ClF2N9O. The molecule has 3 heterocycles. The predicted molar refractivity (Wildman–Crippen MR) is 147 cm³/mol. The van der Waals surface area contributed by atoms with Crippen LogP contribution < -0.4 is 16.1 Å². The van der Waals surface area contributed by atoms with Gasteiger partial charge in [-0.15, -0.1) is 0 Å². The highest BCUT2D eigenvalue weighted by Crippen LogP contribution is 2.28. The Balaban J connectivity index is 1.35. The third-order valence-electron chi connectivity index (χ3n) is 6.37.